The van der Waals surface area contributed by atoms with Gasteiger partial charge in [0.25, 0.3) is 0 Å². The number of amides is 2. The van der Waals surface area contributed by atoms with E-state index < -0.39 is 6.09 Å². The lowest BCUT2D eigenvalue weighted by Gasteiger charge is -2.05. The monoisotopic (exact) mass is 419 g/mol. The first kappa shape index (κ1) is 22.3. The highest BCUT2D eigenvalue weighted by molar-refractivity contribution is 7.13. The molecule has 0 radical (unpaired) electrons. The number of unbranched alkanes of at least 4 members (excludes halogenated alkanes) is 2. The number of carbonyl (C=O) groups excluding carboxylic acids is 2. The third-order valence-electron chi connectivity index (χ3n) is 3.86. The fourth-order valence-electron chi connectivity index (χ4n) is 2.35. The van der Waals surface area contributed by atoms with Crippen LogP contribution in [0.1, 0.15) is 36.9 Å². The molecule has 0 unspecified atom stereocenters. The molecule has 0 atom stereocenters. The van der Waals surface area contributed by atoms with Crippen LogP contribution in [0.2, 0.25) is 0 Å². The maximum atomic E-state index is 12.0. The molecule has 0 aliphatic carbocycles. The minimum Gasteiger partial charge on any atom is -0.444 e. The van der Waals surface area contributed by atoms with Crippen molar-refractivity contribution in [2.45, 2.75) is 38.7 Å². The molecule has 0 fully saturated rings. The number of thiazole rings is 1. The number of aromatic nitrogens is 2. The summed E-state index contributed by atoms with van der Waals surface area (Å²) in [7, 11) is 0. The van der Waals surface area contributed by atoms with E-state index in [0.29, 0.717) is 29.5 Å². The van der Waals surface area contributed by atoms with Crippen LogP contribution in [0.25, 0.3) is 0 Å². The maximum Gasteiger partial charge on any atom is 0.413 e. The second-order valence-electron chi connectivity index (χ2n) is 6.25. The first-order valence-corrected chi connectivity index (χ1v) is 10.1. The highest BCUT2D eigenvalue weighted by Gasteiger charge is 2.10. The minimum absolute atomic E-state index is 0.122. The first-order valence-electron chi connectivity index (χ1n) is 9.18. The summed E-state index contributed by atoms with van der Waals surface area (Å²) < 4.78 is 5.12. The first-order chi connectivity index (χ1) is 14.1. The van der Waals surface area contributed by atoms with E-state index in [2.05, 4.69) is 27.2 Å². The summed E-state index contributed by atoms with van der Waals surface area (Å²) in [6, 6.07) is 3.52. The smallest absolute Gasteiger partial charge is 0.413 e. The molecule has 0 bridgehead atoms. The van der Waals surface area contributed by atoms with Crippen LogP contribution in [0.5, 0.6) is 0 Å². The molecule has 2 amide bonds. The zero-order chi connectivity index (χ0) is 20.9. The number of carbonyl (C=O) groups is 2. The molecule has 0 saturated heterocycles. The van der Waals surface area contributed by atoms with Crippen LogP contribution in [0, 0.1) is 0 Å². The second-order valence-corrected chi connectivity index (χ2v) is 7.11. The van der Waals surface area contributed by atoms with E-state index in [0.717, 1.165) is 24.8 Å². The summed E-state index contributed by atoms with van der Waals surface area (Å²) >= 11 is 1.23. The number of hydrogen-bond acceptors (Lipinski definition) is 8. The summed E-state index contributed by atoms with van der Waals surface area (Å²) in [5.41, 5.74) is 4.03. The zero-order valence-electron chi connectivity index (χ0n) is 16.0. The van der Waals surface area contributed by atoms with Gasteiger partial charge in [0.1, 0.15) is 6.61 Å². The van der Waals surface area contributed by atoms with Gasteiger partial charge in [-0.25, -0.2) is 9.78 Å². The Kier molecular flexibility index (Phi) is 9.60. The summed E-state index contributed by atoms with van der Waals surface area (Å²) in [6.45, 7) is 4.35. The quantitative estimate of drug-likeness (QED) is 0.308. The van der Waals surface area contributed by atoms with Gasteiger partial charge in [-0.15, -0.1) is 11.3 Å². The van der Waals surface area contributed by atoms with E-state index in [1.54, 1.807) is 29.9 Å². The van der Waals surface area contributed by atoms with Crippen LogP contribution < -0.4 is 16.1 Å². The van der Waals surface area contributed by atoms with Crippen molar-refractivity contribution in [3.05, 3.63) is 53.4 Å². The normalized spacial score (nSPS) is 10.2. The Morgan fingerprint density at radius 3 is 2.76 bits per heavy atom. The average molecular weight is 420 g/mol. The van der Waals surface area contributed by atoms with Crippen molar-refractivity contribution in [1.29, 1.82) is 0 Å². The lowest BCUT2D eigenvalue weighted by Crippen LogP contribution is -2.26. The van der Waals surface area contributed by atoms with Crippen LogP contribution >= 0.6 is 11.3 Å². The SMILES string of the molecule is C=C(CCCCCNC(=O)Cc1csc(NC(=O)OCc2ccncc2)n1)NO. The third kappa shape index (κ3) is 9.17. The van der Waals surface area contributed by atoms with Crippen molar-refractivity contribution in [1.82, 2.24) is 20.8 Å². The van der Waals surface area contributed by atoms with E-state index in [-0.39, 0.29) is 18.9 Å². The Morgan fingerprint density at radius 1 is 1.21 bits per heavy atom. The lowest BCUT2D eigenvalue weighted by molar-refractivity contribution is -0.120. The molecule has 10 heteroatoms. The van der Waals surface area contributed by atoms with Gasteiger partial charge in [-0.05, 0) is 37.0 Å². The molecule has 2 heterocycles. The lowest BCUT2D eigenvalue weighted by atomic mass is 10.1. The number of allylic oxidation sites excluding steroid dienone is 1. The Balaban J connectivity index is 1.61. The number of nitrogens with zero attached hydrogens (tertiary/aromatic N) is 2. The van der Waals surface area contributed by atoms with Gasteiger partial charge in [0.2, 0.25) is 5.91 Å². The van der Waals surface area contributed by atoms with Crippen molar-refractivity contribution in [2.24, 2.45) is 0 Å². The molecule has 9 nitrogen and oxygen atoms in total. The summed E-state index contributed by atoms with van der Waals surface area (Å²) in [5.74, 6) is -0.122. The molecule has 2 aromatic heterocycles. The molecule has 0 aromatic carbocycles. The third-order valence-corrected chi connectivity index (χ3v) is 4.66. The molecule has 0 aliphatic heterocycles. The standard InChI is InChI=1S/C19H25N5O4S/c1-14(24-27)5-3-2-4-8-21-17(25)11-16-13-29-18(22-16)23-19(26)28-12-15-6-9-20-10-7-15/h6-7,9-10,13,24,27H,1-5,8,11-12H2,(H,21,25)(H,22,23,26). The van der Waals surface area contributed by atoms with Crippen molar-refractivity contribution < 1.29 is 19.5 Å². The molecule has 0 saturated carbocycles. The largest absolute Gasteiger partial charge is 0.444 e. The molecule has 0 spiro atoms. The van der Waals surface area contributed by atoms with Crippen LogP contribution in [-0.4, -0.2) is 33.7 Å². The van der Waals surface area contributed by atoms with E-state index in [9.17, 15) is 9.59 Å². The van der Waals surface area contributed by atoms with E-state index in [1.165, 1.54) is 11.3 Å². The van der Waals surface area contributed by atoms with Gasteiger partial charge in [0.05, 0.1) is 12.1 Å². The number of hydroxylamine groups is 1. The number of nitrogens with one attached hydrogen (secondary N) is 3. The van der Waals surface area contributed by atoms with Crippen molar-refractivity contribution >= 4 is 28.5 Å². The Bertz CT molecular complexity index is 797. The summed E-state index contributed by atoms with van der Waals surface area (Å²) in [4.78, 5) is 31.9. The van der Waals surface area contributed by atoms with Crippen LogP contribution in [0.15, 0.2) is 42.2 Å². The topological polar surface area (TPSA) is 125 Å². The predicted octanol–water partition coefficient (Wildman–Crippen LogP) is 3.00. The van der Waals surface area contributed by atoms with Gasteiger partial charge in [-0.3, -0.25) is 25.8 Å². The Morgan fingerprint density at radius 2 is 2.00 bits per heavy atom. The highest BCUT2D eigenvalue weighted by Crippen LogP contribution is 2.16. The second kappa shape index (κ2) is 12.5. The number of hydrogen-bond donors (Lipinski definition) is 4. The van der Waals surface area contributed by atoms with Crippen molar-refractivity contribution in [3.8, 4) is 0 Å². The number of anilines is 1. The van der Waals surface area contributed by atoms with Crippen LogP contribution in [0.3, 0.4) is 0 Å². The summed E-state index contributed by atoms with van der Waals surface area (Å²) in [6.07, 6.45) is 6.15. The van der Waals surface area contributed by atoms with Gasteiger partial charge in [0, 0.05) is 30.0 Å². The highest BCUT2D eigenvalue weighted by atomic mass is 32.1. The molecule has 29 heavy (non-hydrogen) atoms. The molecular formula is C19H25N5O4S. The fraction of sp³-hybridized carbons (Fsp3) is 0.368. The van der Waals surface area contributed by atoms with E-state index in [4.69, 9.17) is 9.94 Å². The molecular weight excluding hydrogens is 394 g/mol. The zero-order valence-corrected chi connectivity index (χ0v) is 16.8. The average Bonchev–Trinajstić information content (AvgIpc) is 3.16. The van der Waals surface area contributed by atoms with Gasteiger partial charge >= 0.3 is 6.09 Å². The summed E-state index contributed by atoms with van der Waals surface area (Å²) in [5, 5.41) is 16.1. The van der Waals surface area contributed by atoms with Gasteiger partial charge in [-0.1, -0.05) is 13.0 Å². The minimum atomic E-state index is -0.605. The van der Waals surface area contributed by atoms with Crippen molar-refractivity contribution in [2.75, 3.05) is 11.9 Å². The Hall–Kier alpha value is -2.98. The predicted molar refractivity (Wildman–Crippen MR) is 109 cm³/mol. The molecule has 156 valence electrons. The van der Waals surface area contributed by atoms with E-state index >= 15 is 0 Å². The number of pyridine rings is 1. The van der Waals surface area contributed by atoms with E-state index in [1.807, 2.05) is 5.48 Å². The van der Waals surface area contributed by atoms with Gasteiger partial charge in [0.15, 0.2) is 5.13 Å². The Labute approximate surface area is 173 Å². The van der Waals surface area contributed by atoms with Gasteiger partial charge in [-0.2, -0.15) is 0 Å². The fourth-order valence-corrected chi connectivity index (χ4v) is 3.04. The van der Waals surface area contributed by atoms with Crippen LogP contribution in [-0.2, 0) is 22.6 Å². The number of ether oxygens (including phenoxy) is 1. The van der Waals surface area contributed by atoms with Crippen molar-refractivity contribution in [3.63, 3.8) is 0 Å². The maximum absolute atomic E-state index is 12.0. The molecule has 0 aliphatic rings. The molecule has 2 aromatic rings. The van der Waals surface area contributed by atoms with Gasteiger partial charge < -0.3 is 10.1 Å². The number of rotatable bonds is 12. The molecule has 2 rings (SSSR count). The molecule has 4 N–H and O–H groups in total. The van der Waals surface area contributed by atoms with Crippen LogP contribution in [0.4, 0.5) is 9.93 Å².